The molecule has 0 saturated heterocycles. The number of methoxy groups -OCH3 is 1. The van der Waals surface area contributed by atoms with Gasteiger partial charge in [0.25, 0.3) is 5.69 Å². The average Bonchev–Trinajstić information content (AvgIpc) is 2.61. The molecule has 1 heterocycles. The average molecular weight is 377 g/mol. The van der Waals surface area contributed by atoms with Crippen molar-refractivity contribution in [3.05, 3.63) is 39.6 Å². The van der Waals surface area contributed by atoms with Crippen LogP contribution in [0.5, 0.6) is 5.75 Å². The summed E-state index contributed by atoms with van der Waals surface area (Å²) in [6.45, 7) is 3.26. The Morgan fingerprint density at radius 3 is 2.70 bits per heavy atom. The maximum atomic E-state index is 12.7. The van der Waals surface area contributed by atoms with Gasteiger partial charge in [0.2, 0.25) is 11.8 Å². The topological polar surface area (TPSA) is 137 Å². The van der Waals surface area contributed by atoms with Gasteiger partial charge in [-0.05, 0) is 19.9 Å². The summed E-state index contributed by atoms with van der Waals surface area (Å²) in [6.07, 6.45) is -0.230. The lowest BCUT2D eigenvalue weighted by Crippen LogP contribution is -2.40. The summed E-state index contributed by atoms with van der Waals surface area (Å²) in [4.78, 5) is 47.1. The number of nitro benzene ring substituents is 1. The van der Waals surface area contributed by atoms with Crippen LogP contribution in [0.1, 0.15) is 20.3 Å². The number of nitro groups is 1. The number of rotatable bonds is 6. The van der Waals surface area contributed by atoms with Crippen molar-refractivity contribution in [2.75, 3.05) is 19.0 Å². The van der Waals surface area contributed by atoms with Crippen molar-refractivity contribution in [1.82, 2.24) is 5.32 Å². The van der Waals surface area contributed by atoms with Gasteiger partial charge in [-0.15, -0.1) is 0 Å². The Hall–Kier alpha value is -3.43. The standard InChI is InChI=1S/C17H19N3O7/c1-4-27-17(23)15-9(2)18-14(21)8-11(15)16(22)19-12-6-5-10(20(24)25)7-13(12)26-3/h5-7,11H,4,8H2,1-3H3,(H,18,21)(H,19,22). The van der Waals surface area contributed by atoms with Crippen molar-refractivity contribution >= 4 is 29.2 Å². The van der Waals surface area contributed by atoms with Crippen LogP contribution in [0.15, 0.2) is 29.5 Å². The summed E-state index contributed by atoms with van der Waals surface area (Å²) >= 11 is 0. The second-order valence-corrected chi connectivity index (χ2v) is 5.69. The molecule has 1 aromatic carbocycles. The first kappa shape index (κ1) is 19.9. The number of nitrogens with zero attached hydrogens (tertiary/aromatic N) is 1. The van der Waals surface area contributed by atoms with E-state index in [0.717, 1.165) is 6.07 Å². The van der Waals surface area contributed by atoms with Crippen LogP contribution in [0.2, 0.25) is 0 Å². The fourth-order valence-corrected chi connectivity index (χ4v) is 2.72. The van der Waals surface area contributed by atoms with E-state index < -0.39 is 28.6 Å². The summed E-state index contributed by atoms with van der Waals surface area (Å²) < 4.78 is 10.1. The van der Waals surface area contributed by atoms with Crippen molar-refractivity contribution < 1.29 is 28.8 Å². The van der Waals surface area contributed by atoms with Crippen LogP contribution in [0.3, 0.4) is 0 Å². The number of esters is 1. The minimum absolute atomic E-state index is 0.0647. The number of hydrogen-bond acceptors (Lipinski definition) is 7. The number of carbonyl (C=O) groups is 3. The van der Waals surface area contributed by atoms with Crippen LogP contribution >= 0.6 is 0 Å². The third-order valence-electron chi connectivity index (χ3n) is 3.93. The number of hydrogen-bond donors (Lipinski definition) is 2. The lowest BCUT2D eigenvalue weighted by molar-refractivity contribution is -0.384. The Balaban J connectivity index is 2.32. The van der Waals surface area contributed by atoms with Gasteiger partial charge < -0.3 is 20.1 Å². The van der Waals surface area contributed by atoms with Gasteiger partial charge in [-0.1, -0.05) is 0 Å². The molecule has 144 valence electrons. The van der Waals surface area contributed by atoms with Gasteiger partial charge in [-0.3, -0.25) is 19.7 Å². The molecule has 2 amide bonds. The molecule has 0 spiro atoms. The van der Waals surface area contributed by atoms with E-state index in [1.54, 1.807) is 6.92 Å². The van der Waals surface area contributed by atoms with Gasteiger partial charge in [0.15, 0.2) is 0 Å². The van der Waals surface area contributed by atoms with E-state index in [4.69, 9.17) is 9.47 Å². The summed E-state index contributed by atoms with van der Waals surface area (Å²) in [5.74, 6) is -2.70. The molecular weight excluding hydrogens is 358 g/mol. The predicted octanol–water partition coefficient (Wildman–Crippen LogP) is 1.52. The molecule has 10 heteroatoms. The third-order valence-corrected chi connectivity index (χ3v) is 3.93. The van der Waals surface area contributed by atoms with Crippen LogP contribution in [-0.2, 0) is 19.1 Å². The zero-order valence-corrected chi connectivity index (χ0v) is 15.0. The maximum absolute atomic E-state index is 12.7. The van der Waals surface area contributed by atoms with Crippen LogP contribution in [0.4, 0.5) is 11.4 Å². The minimum atomic E-state index is -1.06. The number of amides is 2. The molecule has 2 rings (SSSR count). The smallest absolute Gasteiger partial charge is 0.336 e. The van der Waals surface area contributed by atoms with Crippen LogP contribution in [0.25, 0.3) is 0 Å². The number of non-ortho nitro benzene ring substituents is 1. The zero-order valence-electron chi connectivity index (χ0n) is 15.0. The highest BCUT2D eigenvalue weighted by atomic mass is 16.6. The fraction of sp³-hybridized carbons (Fsp3) is 0.353. The molecule has 0 fully saturated rings. The molecule has 0 aromatic heterocycles. The summed E-state index contributed by atoms with van der Waals surface area (Å²) in [5.41, 5.74) is 0.292. The zero-order chi connectivity index (χ0) is 20.1. The molecule has 0 aliphatic carbocycles. The van der Waals surface area contributed by atoms with Gasteiger partial charge in [0.1, 0.15) is 5.75 Å². The molecule has 1 aromatic rings. The van der Waals surface area contributed by atoms with Crippen molar-refractivity contribution in [3.8, 4) is 5.75 Å². The highest BCUT2D eigenvalue weighted by Gasteiger charge is 2.36. The monoisotopic (exact) mass is 377 g/mol. The number of benzene rings is 1. The SMILES string of the molecule is CCOC(=O)C1=C(C)NC(=O)CC1C(=O)Nc1ccc([N+](=O)[O-])cc1OC. The van der Waals surface area contributed by atoms with E-state index >= 15 is 0 Å². The number of allylic oxidation sites excluding steroid dienone is 1. The van der Waals surface area contributed by atoms with Crippen molar-refractivity contribution in [3.63, 3.8) is 0 Å². The number of carbonyl (C=O) groups excluding carboxylic acids is 3. The van der Waals surface area contributed by atoms with Crippen molar-refractivity contribution in [2.24, 2.45) is 5.92 Å². The Kier molecular flexibility index (Phi) is 6.11. The van der Waals surface area contributed by atoms with Gasteiger partial charge >= 0.3 is 5.97 Å². The predicted molar refractivity (Wildman–Crippen MR) is 93.9 cm³/mol. The molecule has 1 unspecified atom stereocenters. The highest BCUT2D eigenvalue weighted by Crippen LogP contribution is 2.31. The van der Waals surface area contributed by atoms with E-state index in [9.17, 15) is 24.5 Å². The molecule has 27 heavy (non-hydrogen) atoms. The lowest BCUT2D eigenvalue weighted by atomic mass is 9.89. The molecular formula is C17H19N3O7. The van der Waals surface area contributed by atoms with Crippen LogP contribution in [-0.4, -0.2) is 36.4 Å². The molecule has 1 aliphatic heterocycles. The Morgan fingerprint density at radius 1 is 1.41 bits per heavy atom. The first-order valence-electron chi connectivity index (χ1n) is 8.09. The van der Waals surface area contributed by atoms with Gasteiger partial charge in [0, 0.05) is 18.2 Å². The normalized spacial score (nSPS) is 16.4. The summed E-state index contributed by atoms with van der Waals surface area (Å²) in [6, 6.07) is 3.69. The van der Waals surface area contributed by atoms with Crippen LogP contribution in [0, 0.1) is 16.0 Å². The first-order valence-corrected chi connectivity index (χ1v) is 8.09. The second kappa shape index (κ2) is 8.30. The number of anilines is 1. The van der Waals surface area contributed by atoms with E-state index in [0.29, 0.717) is 0 Å². The second-order valence-electron chi connectivity index (χ2n) is 5.69. The third kappa shape index (κ3) is 4.40. The molecule has 0 saturated carbocycles. The quantitative estimate of drug-likeness (QED) is 0.435. The molecule has 0 bridgehead atoms. The van der Waals surface area contributed by atoms with Crippen molar-refractivity contribution in [1.29, 1.82) is 0 Å². The van der Waals surface area contributed by atoms with E-state index in [1.807, 2.05) is 0 Å². The largest absolute Gasteiger partial charge is 0.494 e. The Bertz CT molecular complexity index is 832. The fourth-order valence-electron chi connectivity index (χ4n) is 2.72. The molecule has 2 N–H and O–H groups in total. The van der Waals surface area contributed by atoms with E-state index in [2.05, 4.69) is 10.6 Å². The summed E-state index contributed by atoms with van der Waals surface area (Å²) in [7, 11) is 1.30. The molecule has 1 atom stereocenters. The van der Waals surface area contributed by atoms with E-state index in [1.165, 1.54) is 26.2 Å². The number of nitrogens with one attached hydrogen (secondary N) is 2. The van der Waals surface area contributed by atoms with Gasteiger partial charge in [0.05, 0.1) is 41.9 Å². The maximum Gasteiger partial charge on any atom is 0.336 e. The molecule has 10 nitrogen and oxygen atoms in total. The van der Waals surface area contributed by atoms with E-state index in [-0.39, 0.29) is 41.4 Å². The van der Waals surface area contributed by atoms with Crippen molar-refractivity contribution in [2.45, 2.75) is 20.3 Å². The highest BCUT2D eigenvalue weighted by molar-refractivity contribution is 6.06. The van der Waals surface area contributed by atoms with Gasteiger partial charge in [-0.25, -0.2) is 4.79 Å². The summed E-state index contributed by atoms with van der Waals surface area (Å²) in [5, 5.41) is 15.9. The Morgan fingerprint density at radius 2 is 2.11 bits per heavy atom. The lowest BCUT2D eigenvalue weighted by Gasteiger charge is -2.25. The number of ether oxygens (including phenoxy) is 2. The van der Waals surface area contributed by atoms with Crippen LogP contribution < -0.4 is 15.4 Å². The first-order chi connectivity index (χ1) is 12.8. The molecule has 1 aliphatic rings. The Labute approximate surface area is 154 Å². The van der Waals surface area contributed by atoms with Gasteiger partial charge in [-0.2, -0.15) is 0 Å². The molecule has 0 radical (unpaired) electrons. The minimum Gasteiger partial charge on any atom is -0.494 e.